The highest BCUT2D eigenvalue weighted by Gasteiger charge is 2.31. The number of hydrogen-bond donors (Lipinski definition) is 2. The molecule has 1 fully saturated rings. The fourth-order valence-corrected chi connectivity index (χ4v) is 2.32. The van der Waals surface area contributed by atoms with Crippen molar-refractivity contribution in [2.45, 2.75) is 25.5 Å². The lowest BCUT2D eigenvalue weighted by molar-refractivity contribution is -0.121. The Balaban J connectivity index is 2.27. The van der Waals surface area contributed by atoms with Crippen LogP contribution in [0.25, 0.3) is 0 Å². The Morgan fingerprint density at radius 1 is 1.63 bits per heavy atom. The third kappa shape index (κ3) is 2.93. The number of ether oxygens (including phenoxy) is 1. The van der Waals surface area contributed by atoms with Gasteiger partial charge in [-0.1, -0.05) is 0 Å². The molecule has 0 saturated carbocycles. The average molecular weight is 265 g/mol. The summed E-state index contributed by atoms with van der Waals surface area (Å²) in [6.07, 6.45) is 1.78. The fraction of sp³-hybridized carbons (Fsp3) is 0.583. The van der Waals surface area contributed by atoms with E-state index in [-0.39, 0.29) is 11.9 Å². The summed E-state index contributed by atoms with van der Waals surface area (Å²) in [6, 6.07) is 1.51. The molecule has 19 heavy (non-hydrogen) atoms. The summed E-state index contributed by atoms with van der Waals surface area (Å²) in [5.74, 6) is 1.60. The Morgan fingerprint density at radius 3 is 3.11 bits per heavy atom. The second-order valence-electron chi connectivity index (χ2n) is 4.47. The van der Waals surface area contributed by atoms with Crippen LogP contribution in [0.4, 0.5) is 11.6 Å². The number of hydrogen-bond acceptors (Lipinski definition) is 6. The van der Waals surface area contributed by atoms with Crippen LogP contribution >= 0.6 is 0 Å². The highest BCUT2D eigenvalue weighted by atomic mass is 16.5. The standard InChI is InChI=1S/C12H19N5O2/c1-14-12(18)8-4-3-5-17(8)11-6-9(13)15-10(16-11)7-19-2/h6,8H,3-5,7H2,1-2H3,(H,14,18)(H2,13,15,16). The molecule has 1 atom stereocenters. The lowest BCUT2D eigenvalue weighted by Gasteiger charge is -2.24. The number of carbonyl (C=O) groups is 1. The van der Waals surface area contributed by atoms with E-state index in [1.165, 1.54) is 0 Å². The van der Waals surface area contributed by atoms with Gasteiger partial charge >= 0.3 is 0 Å². The van der Waals surface area contributed by atoms with Gasteiger partial charge in [0.15, 0.2) is 5.82 Å². The van der Waals surface area contributed by atoms with E-state index >= 15 is 0 Å². The molecule has 1 amide bonds. The minimum absolute atomic E-state index is 0.00275. The number of nitrogens with zero attached hydrogens (tertiary/aromatic N) is 3. The highest BCUT2D eigenvalue weighted by Crippen LogP contribution is 2.25. The molecule has 1 aromatic heterocycles. The first-order valence-electron chi connectivity index (χ1n) is 6.26. The molecule has 104 valence electrons. The maximum Gasteiger partial charge on any atom is 0.242 e. The first kappa shape index (κ1) is 13.5. The number of methoxy groups -OCH3 is 1. The molecule has 0 radical (unpaired) electrons. The van der Waals surface area contributed by atoms with Crippen LogP contribution in [0, 0.1) is 0 Å². The third-order valence-corrected chi connectivity index (χ3v) is 3.15. The number of carbonyl (C=O) groups excluding carboxylic acids is 1. The van der Waals surface area contributed by atoms with Crippen molar-refractivity contribution in [1.29, 1.82) is 0 Å². The maximum absolute atomic E-state index is 11.8. The summed E-state index contributed by atoms with van der Waals surface area (Å²) in [7, 11) is 3.22. The number of rotatable bonds is 4. The van der Waals surface area contributed by atoms with Crippen molar-refractivity contribution < 1.29 is 9.53 Å². The van der Waals surface area contributed by atoms with E-state index in [2.05, 4.69) is 15.3 Å². The van der Waals surface area contributed by atoms with Crippen LogP contribution < -0.4 is 16.0 Å². The van der Waals surface area contributed by atoms with Gasteiger partial charge in [-0.05, 0) is 12.8 Å². The van der Waals surface area contributed by atoms with Gasteiger partial charge in [0.2, 0.25) is 5.91 Å². The zero-order valence-electron chi connectivity index (χ0n) is 11.2. The summed E-state index contributed by atoms with van der Waals surface area (Å²) in [5, 5.41) is 2.68. The van der Waals surface area contributed by atoms with Crippen LogP contribution in [0.2, 0.25) is 0 Å². The van der Waals surface area contributed by atoms with E-state index in [4.69, 9.17) is 10.5 Å². The summed E-state index contributed by atoms with van der Waals surface area (Å²) in [4.78, 5) is 22.3. The molecule has 1 aliphatic heterocycles. The average Bonchev–Trinajstić information content (AvgIpc) is 2.86. The highest BCUT2D eigenvalue weighted by molar-refractivity contribution is 5.85. The lowest BCUT2D eigenvalue weighted by Crippen LogP contribution is -2.42. The van der Waals surface area contributed by atoms with Gasteiger partial charge in [-0.15, -0.1) is 0 Å². The van der Waals surface area contributed by atoms with Crippen LogP contribution in [0.1, 0.15) is 18.7 Å². The van der Waals surface area contributed by atoms with Crippen molar-refractivity contribution in [2.75, 3.05) is 31.3 Å². The second-order valence-corrected chi connectivity index (χ2v) is 4.47. The molecule has 0 aliphatic carbocycles. The van der Waals surface area contributed by atoms with E-state index in [0.717, 1.165) is 19.4 Å². The number of likely N-dealkylation sites (N-methyl/N-ethyl adjacent to an activating group) is 1. The molecule has 1 aliphatic rings. The number of amides is 1. The molecule has 3 N–H and O–H groups in total. The molecule has 2 heterocycles. The van der Waals surface area contributed by atoms with Crippen molar-refractivity contribution in [3.8, 4) is 0 Å². The van der Waals surface area contributed by atoms with Crippen LogP contribution in [-0.2, 0) is 16.1 Å². The molecule has 0 spiro atoms. The van der Waals surface area contributed by atoms with Crippen LogP contribution in [-0.4, -0.2) is 42.6 Å². The second kappa shape index (κ2) is 5.83. The maximum atomic E-state index is 11.8. The molecule has 1 unspecified atom stereocenters. The van der Waals surface area contributed by atoms with Gasteiger partial charge in [0.25, 0.3) is 0 Å². The van der Waals surface area contributed by atoms with E-state index < -0.39 is 0 Å². The molecular formula is C12H19N5O2. The van der Waals surface area contributed by atoms with Gasteiger partial charge in [0.05, 0.1) is 0 Å². The Labute approximate surface area is 112 Å². The van der Waals surface area contributed by atoms with Gasteiger partial charge in [0, 0.05) is 26.8 Å². The minimum atomic E-state index is -0.185. The Hall–Kier alpha value is -1.89. The Bertz CT molecular complexity index is 465. The predicted octanol–water partition coefficient (Wildman–Crippen LogP) is -0.0800. The largest absolute Gasteiger partial charge is 0.384 e. The van der Waals surface area contributed by atoms with Crippen molar-refractivity contribution in [3.63, 3.8) is 0 Å². The minimum Gasteiger partial charge on any atom is -0.384 e. The zero-order valence-corrected chi connectivity index (χ0v) is 11.2. The van der Waals surface area contributed by atoms with Gasteiger partial charge in [-0.2, -0.15) is 0 Å². The molecule has 1 saturated heterocycles. The van der Waals surface area contributed by atoms with Gasteiger partial charge in [0.1, 0.15) is 24.3 Å². The summed E-state index contributed by atoms with van der Waals surface area (Å²) in [6.45, 7) is 1.09. The Morgan fingerprint density at radius 2 is 2.42 bits per heavy atom. The molecule has 1 aromatic rings. The van der Waals surface area contributed by atoms with E-state index in [1.54, 1.807) is 20.2 Å². The van der Waals surface area contributed by atoms with Crippen molar-refractivity contribution >= 4 is 17.5 Å². The first-order chi connectivity index (χ1) is 9.15. The number of anilines is 2. The SMILES string of the molecule is CNC(=O)C1CCCN1c1cc(N)nc(COC)n1. The molecule has 0 aromatic carbocycles. The number of nitrogen functional groups attached to an aromatic ring is 1. The third-order valence-electron chi connectivity index (χ3n) is 3.15. The van der Waals surface area contributed by atoms with Crippen molar-refractivity contribution in [2.24, 2.45) is 0 Å². The zero-order chi connectivity index (χ0) is 13.8. The van der Waals surface area contributed by atoms with Crippen LogP contribution in [0.15, 0.2) is 6.07 Å². The van der Waals surface area contributed by atoms with E-state index in [9.17, 15) is 4.79 Å². The lowest BCUT2D eigenvalue weighted by atomic mass is 10.2. The van der Waals surface area contributed by atoms with Crippen LogP contribution in [0.5, 0.6) is 0 Å². The Kier molecular flexibility index (Phi) is 4.16. The van der Waals surface area contributed by atoms with Gasteiger partial charge in [-0.3, -0.25) is 4.79 Å². The first-order valence-corrected chi connectivity index (χ1v) is 6.26. The monoisotopic (exact) mass is 265 g/mol. The predicted molar refractivity (Wildman–Crippen MR) is 71.6 cm³/mol. The fourth-order valence-electron chi connectivity index (χ4n) is 2.32. The molecule has 2 rings (SSSR count). The van der Waals surface area contributed by atoms with E-state index in [0.29, 0.717) is 24.1 Å². The van der Waals surface area contributed by atoms with Crippen molar-refractivity contribution in [1.82, 2.24) is 15.3 Å². The number of nitrogens with one attached hydrogen (secondary N) is 1. The number of aromatic nitrogens is 2. The van der Waals surface area contributed by atoms with Gasteiger partial charge in [-0.25, -0.2) is 9.97 Å². The molecular weight excluding hydrogens is 246 g/mol. The molecule has 0 bridgehead atoms. The smallest absolute Gasteiger partial charge is 0.242 e. The summed E-state index contributed by atoms with van der Waals surface area (Å²) in [5.41, 5.74) is 5.78. The van der Waals surface area contributed by atoms with Crippen molar-refractivity contribution in [3.05, 3.63) is 11.9 Å². The number of nitrogens with two attached hydrogens (primary N) is 1. The van der Waals surface area contributed by atoms with E-state index in [1.807, 2.05) is 4.90 Å². The van der Waals surface area contributed by atoms with Crippen LogP contribution in [0.3, 0.4) is 0 Å². The topological polar surface area (TPSA) is 93.4 Å². The van der Waals surface area contributed by atoms with Gasteiger partial charge < -0.3 is 20.7 Å². The quantitative estimate of drug-likeness (QED) is 0.791. The molecule has 7 heteroatoms. The molecule has 7 nitrogen and oxygen atoms in total. The summed E-state index contributed by atoms with van der Waals surface area (Å²) >= 11 is 0. The normalized spacial score (nSPS) is 18.6. The summed E-state index contributed by atoms with van der Waals surface area (Å²) < 4.78 is 5.02.